The molecule has 4 nitrogen and oxygen atoms in total. The Bertz CT molecular complexity index is 610. The van der Waals surface area contributed by atoms with Gasteiger partial charge in [0, 0.05) is 12.1 Å². The Morgan fingerprint density at radius 2 is 1.96 bits per heavy atom. The van der Waals surface area contributed by atoms with E-state index in [9.17, 15) is 13.6 Å². The zero-order chi connectivity index (χ0) is 19.9. The van der Waals surface area contributed by atoms with Crippen LogP contribution in [-0.2, 0) is 11.3 Å². The zero-order valence-electron chi connectivity index (χ0n) is 16.2. The van der Waals surface area contributed by atoms with Gasteiger partial charge in [0.2, 0.25) is 0 Å². The number of carbonyl (C=O) groups excluding carboxylic acids is 1. The minimum atomic E-state index is -2.57. The van der Waals surface area contributed by atoms with Crippen molar-refractivity contribution in [2.45, 2.75) is 53.2 Å². The molecular formula is C20H29F2NO3. The van der Waals surface area contributed by atoms with E-state index in [0.717, 1.165) is 5.56 Å². The number of amides is 1. The summed E-state index contributed by atoms with van der Waals surface area (Å²) in [4.78, 5) is 14.1. The summed E-state index contributed by atoms with van der Waals surface area (Å²) in [5.74, 6) is 0.545. The summed E-state index contributed by atoms with van der Waals surface area (Å²) >= 11 is 0. The third kappa shape index (κ3) is 7.85. The van der Waals surface area contributed by atoms with Gasteiger partial charge in [0.15, 0.2) is 0 Å². The first-order valence-corrected chi connectivity index (χ1v) is 8.66. The Labute approximate surface area is 154 Å². The molecule has 0 heterocycles. The number of alkyl halides is 2. The third-order valence-corrected chi connectivity index (χ3v) is 3.28. The van der Waals surface area contributed by atoms with Crippen LogP contribution in [0.3, 0.4) is 0 Å². The van der Waals surface area contributed by atoms with Crippen LogP contribution in [0.15, 0.2) is 24.8 Å². The standard InChI is InChI=1S/C20H29F2NO3/c1-7-15-8-9-17(25-13-18(21)22)16(10-15)12-23(11-14(2)3)19(24)26-20(4,5)6/h7-10,14,18H,1,11-13H2,2-6H3. The Balaban J connectivity index is 3.10. The van der Waals surface area contributed by atoms with Crippen LogP contribution in [0.2, 0.25) is 0 Å². The van der Waals surface area contributed by atoms with Crippen LogP contribution >= 0.6 is 0 Å². The molecule has 1 rings (SSSR count). The fraction of sp³-hybridized carbons (Fsp3) is 0.550. The van der Waals surface area contributed by atoms with Crippen molar-refractivity contribution in [2.24, 2.45) is 5.92 Å². The molecule has 1 aromatic rings. The van der Waals surface area contributed by atoms with Crippen LogP contribution in [-0.4, -0.2) is 36.2 Å². The number of hydrogen-bond acceptors (Lipinski definition) is 3. The molecule has 0 spiro atoms. The van der Waals surface area contributed by atoms with E-state index in [4.69, 9.17) is 9.47 Å². The van der Waals surface area contributed by atoms with Crippen molar-refractivity contribution in [2.75, 3.05) is 13.2 Å². The highest BCUT2D eigenvalue weighted by Gasteiger charge is 2.24. The molecule has 0 radical (unpaired) electrons. The van der Waals surface area contributed by atoms with E-state index in [1.807, 2.05) is 13.8 Å². The predicted octanol–water partition coefficient (Wildman–Crippen LogP) is 5.37. The van der Waals surface area contributed by atoms with Gasteiger partial charge in [0.25, 0.3) is 6.43 Å². The number of carbonyl (C=O) groups is 1. The molecule has 6 heteroatoms. The summed E-state index contributed by atoms with van der Waals surface area (Å²) in [6.45, 7) is 13.1. The SMILES string of the molecule is C=Cc1ccc(OCC(F)F)c(CN(CC(C)C)C(=O)OC(C)(C)C)c1. The molecule has 146 valence electrons. The van der Waals surface area contributed by atoms with E-state index < -0.39 is 24.7 Å². The summed E-state index contributed by atoms with van der Waals surface area (Å²) in [5.41, 5.74) is 0.831. The van der Waals surface area contributed by atoms with Crippen molar-refractivity contribution in [3.63, 3.8) is 0 Å². The average molecular weight is 369 g/mol. The molecule has 0 N–H and O–H groups in total. The van der Waals surface area contributed by atoms with Gasteiger partial charge in [-0.1, -0.05) is 32.6 Å². The van der Waals surface area contributed by atoms with Gasteiger partial charge in [-0.15, -0.1) is 0 Å². The van der Waals surface area contributed by atoms with Gasteiger partial charge < -0.3 is 14.4 Å². The van der Waals surface area contributed by atoms with Crippen molar-refractivity contribution in [3.05, 3.63) is 35.9 Å². The second kappa shape index (κ2) is 9.55. The maximum atomic E-state index is 12.6. The Morgan fingerprint density at radius 3 is 2.46 bits per heavy atom. The molecule has 0 aliphatic rings. The molecule has 1 amide bonds. The summed E-state index contributed by atoms with van der Waals surface area (Å²) in [6, 6.07) is 5.14. The molecule has 0 aliphatic heterocycles. The fourth-order valence-corrected chi connectivity index (χ4v) is 2.32. The summed E-state index contributed by atoms with van der Waals surface area (Å²) < 4.78 is 35.7. The molecular weight excluding hydrogens is 340 g/mol. The smallest absolute Gasteiger partial charge is 0.410 e. The van der Waals surface area contributed by atoms with Crippen molar-refractivity contribution < 1.29 is 23.0 Å². The lowest BCUT2D eigenvalue weighted by Gasteiger charge is -2.29. The maximum absolute atomic E-state index is 12.6. The first kappa shape index (κ1) is 21.9. The topological polar surface area (TPSA) is 38.8 Å². The predicted molar refractivity (Wildman–Crippen MR) is 99.5 cm³/mol. The summed E-state index contributed by atoms with van der Waals surface area (Å²) in [7, 11) is 0. The van der Waals surface area contributed by atoms with E-state index >= 15 is 0 Å². The molecule has 0 saturated carbocycles. The highest BCUT2D eigenvalue weighted by atomic mass is 19.3. The normalized spacial score (nSPS) is 11.6. The van der Waals surface area contributed by atoms with Crippen LogP contribution in [0, 0.1) is 5.92 Å². The molecule has 26 heavy (non-hydrogen) atoms. The van der Waals surface area contributed by atoms with Gasteiger partial charge in [-0.25, -0.2) is 13.6 Å². The lowest BCUT2D eigenvalue weighted by molar-refractivity contribution is 0.0207. The quantitative estimate of drug-likeness (QED) is 0.619. The van der Waals surface area contributed by atoms with Crippen molar-refractivity contribution in [3.8, 4) is 5.75 Å². The van der Waals surface area contributed by atoms with Crippen LogP contribution in [0.25, 0.3) is 6.08 Å². The Morgan fingerprint density at radius 1 is 1.31 bits per heavy atom. The first-order chi connectivity index (χ1) is 12.0. The summed E-state index contributed by atoms with van der Waals surface area (Å²) in [5, 5.41) is 0. The van der Waals surface area contributed by atoms with E-state index in [1.54, 1.807) is 49.9 Å². The molecule has 0 fully saturated rings. The number of halogens is 2. The van der Waals surface area contributed by atoms with Crippen molar-refractivity contribution in [1.29, 1.82) is 0 Å². The maximum Gasteiger partial charge on any atom is 0.410 e. The Kier molecular flexibility index (Phi) is 8.06. The molecule has 0 unspecified atom stereocenters. The van der Waals surface area contributed by atoms with Crippen LogP contribution in [0.5, 0.6) is 5.75 Å². The van der Waals surface area contributed by atoms with Gasteiger partial charge in [-0.05, 0) is 44.4 Å². The van der Waals surface area contributed by atoms with Crippen LogP contribution in [0.4, 0.5) is 13.6 Å². The number of hydrogen-bond donors (Lipinski definition) is 0. The molecule has 0 atom stereocenters. The highest BCUT2D eigenvalue weighted by Crippen LogP contribution is 2.24. The molecule has 1 aromatic carbocycles. The van der Waals surface area contributed by atoms with E-state index in [-0.39, 0.29) is 12.5 Å². The lowest BCUT2D eigenvalue weighted by Crippen LogP contribution is -2.38. The number of rotatable bonds is 8. The van der Waals surface area contributed by atoms with Gasteiger partial charge in [-0.3, -0.25) is 0 Å². The molecule has 0 aromatic heterocycles. The second-order valence-electron chi connectivity index (χ2n) is 7.53. The largest absolute Gasteiger partial charge is 0.487 e. The lowest BCUT2D eigenvalue weighted by atomic mass is 10.1. The summed E-state index contributed by atoms with van der Waals surface area (Å²) in [6.07, 6.45) is -1.37. The van der Waals surface area contributed by atoms with Gasteiger partial charge in [0.05, 0.1) is 6.54 Å². The van der Waals surface area contributed by atoms with Crippen molar-refractivity contribution in [1.82, 2.24) is 4.90 Å². The molecule has 0 saturated heterocycles. The Hall–Kier alpha value is -2.11. The van der Waals surface area contributed by atoms with Gasteiger partial charge in [-0.2, -0.15) is 0 Å². The van der Waals surface area contributed by atoms with Crippen LogP contribution in [0.1, 0.15) is 45.7 Å². The number of benzene rings is 1. The first-order valence-electron chi connectivity index (χ1n) is 8.66. The monoisotopic (exact) mass is 369 g/mol. The number of ether oxygens (including phenoxy) is 2. The van der Waals surface area contributed by atoms with Gasteiger partial charge in [0.1, 0.15) is 18.0 Å². The minimum Gasteiger partial charge on any atom is -0.487 e. The van der Waals surface area contributed by atoms with Gasteiger partial charge >= 0.3 is 6.09 Å². The van der Waals surface area contributed by atoms with E-state index in [1.165, 1.54) is 0 Å². The number of nitrogens with zero attached hydrogens (tertiary/aromatic N) is 1. The minimum absolute atomic E-state index is 0.202. The fourth-order valence-electron chi connectivity index (χ4n) is 2.32. The average Bonchev–Trinajstić information content (AvgIpc) is 2.50. The molecule has 0 aliphatic carbocycles. The zero-order valence-corrected chi connectivity index (χ0v) is 16.2. The van der Waals surface area contributed by atoms with Crippen molar-refractivity contribution >= 4 is 12.2 Å². The highest BCUT2D eigenvalue weighted by molar-refractivity contribution is 5.68. The second-order valence-corrected chi connectivity index (χ2v) is 7.53. The third-order valence-electron chi connectivity index (χ3n) is 3.28. The van der Waals surface area contributed by atoms with E-state index in [0.29, 0.717) is 17.9 Å². The molecule has 0 bridgehead atoms. The van der Waals surface area contributed by atoms with E-state index in [2.05, 4.69) is 6.58 Å². The van der Waals surface area contributed by atoms with Crippen LogP contribution < -0.4 is 4.74 Å².